The standard InChI is InChI=1S/C19H17F2N3O3S2/c20-13-4-3-12(15(21)8-13)10-22-19(25)16-9-17(18-2-1-6-28-18)24(23-16)14-5-7-29(26,27)11-14/h1-4,6,8-9,14H,5,7,10-11H2,(H,22,25). The van der Waals surface area contributed by atoms with Gasteiger partial charge in [-0.1, -0.05) is 12.1 Å². The number of nitrogens with zero attached hydrogens (tertiary/aromatic N) is 2. The van der Waals surface area contributed by atoms with E-state index < -0.39 is 27.4 Å². The van der Waals surface area contributed by atoms with Gasteiger partial charge in [-0.3, -0.25) is 9.48 Å². The molecular formula is C19H17F2N3O3S2. The number of sulfone groups is 1. The molecule has 1 unspecified atom stereocenters. The number of halogens is 2. The third kappa shape index (κ3) is 4.23. The Balaban J connectivity index is 1.59. The van der Waals surface area contributed by atoms with Crippen LogP contribution in [0.15, 0.2) is 41.8 Å². The van der Waals surface area contributed by atoms with Gasteiger partial charge in [0.25, 0.3) is 5.91 Å². The molecule has 1 saturated heterocycles. The predicted octanol–water partition coefficient (Wildman–Crippen LogP) is 3.18. The van der Waals surface area contributed by atoms with Crippen LogP contribution < -0.4 is 5.32 Å². The lowest BCUT2D eigenvalue weighted by molar-refractivity contribution is 0.0944. The van der Waals surface area contributed by atoms with Gasteiger partial charge in [-0.2, -0.15) is 5.10 Å². The van der Waals surface area contributed by atoms with Crippen molar-refractivity contribution in [2.75, 3.05) is 11.5 Å². The van der Waals surface area contributed by atoms with Gasteiger partial charge in [-0.05, 0) is 30.0 Å². The zero-order valence-electron chi connectivity index (χ0n) is 15.1. The Hall–Kier alpha value is -2.59. The second-order valence-corrected chi connectivity index (χ2v) is 9.99. The molecule has 1 aliphatic heterocycles. The summed E-state index contributed by atoms with van der Waals surface area (Å²) in [6, 6.07) is 8.14. The quantitative estimate of drug-likeness (QED) is 0.665. The highest BCUT2D eigenvalue weighted by Gasteiger charge is 2.32. The van der Waals surface area contributed by atoms with Crippen molar-refractivity contribution in [3.8, 4) is 10.6 Å². The Morgan fingerprint density at radius 3 is 2.76 bits per heavy atom. The van der Waals surface area contributed by atoms with Crippen molar-refractivity contribution >= 4 is 27.1 Å². The van der Waals surface area contributed by atoms with Crippen LogP contribution >= 0.6 is 11.3 Å². The van der Waals surface area contributed by atoms with E-state index in [-0.39, 0.29) is 35.3 Å². The minimum atomic E-state index is -3.13. The van der Waals surface area contributed by atoms with E-state index in [9.17, 15) is 22.0 Å². The van der Waals surface area contributed by atoms with Gasteiger partial charge in [0, 0.05) is 18.2 Å². The van der Waals surface area contributed by atoms with E-state index in [1.165, 1.54) is 17.4 Å². The van der Waals surface area contributed by atoms with Gasteiger partial charge in [-0.25, -0.2) is 17.2 Å². The SMILES string of the molecule is O=C(NCc1ccc(F)cc1F)c1cc(-c2cccs2)n(C2CCS(=O)(=O)C2)n1. The lowest BCUT2D eigenvalue weighted by Gasteiger charge is -2.12. The maximum Gasteiger partial charge on any atom is 0.272 e. The molecule has 6 nitrogen and oxygen atoms in total. The molecule has 152 valence electrons. The lowest BCUT2D eigenvalue weighted by atomic mass is 10.2. The maximum absolute atomic E-state index is 13.8. The fourth-order valence-corrected chi connectivity index (χ4v) is 5.72. The molecule has 3 aromatic rings. The van der Waals surface area contributed by atoms with E-state index in [4.69, 9.17) is 0 Å². The van der Waals surface area contributed by atoms with Gasteiger partial charge in [0.15, 0.2) is 15.5 Å². The first-order valence-corrected chi connectivity index (χ1v) is 11.6. The number of nitrogens with one attached hydrogen (secondary N) is 1. The molecule has 0 spiro atoms. The van der Waals surface area contributed by atoms with Gasteiger partial charge in [0.2, 0.25) is 0 Å². The summed E-state index contributed by atoms with van der Waals surface area (Å²) >= 11 is 1.46. The Morgan fingerprint density at radius 1 is 1.28 bits per heavy atom. The van der Waals surface area contributed by atoms with Crippen molar-refractivity contribution in [3.05, 3.63) is 64.7 Å². The van der Waals surface area contributed by atoms with Crippen LogP contribution in [0.1, 0.15) is 28.5 Å². The van der Waals surface area contributed by atoms with Crippen LogP contribution in [-0.2, 0) is 16.4 Å². The average molecular weight is 437 g/mol. The molecule has 1 fully saturated rings. The molecule has 29 heavy (non-hydrogen) atoms. The van der Waals surface area contributed by atoms with Gasteiger partial charge in [0.05, 0.1) is 28.1 Å². The summed E-state index contributed by atoms with van der Waals surface area (Å²) < 4.78 is 52.2. The molecule has 1 N–H and O–H groups in total. The number of benzene rings is 1. The molecule has 0 radical (unpaired) electrons. The molecular weight excluding hydrogens is 420 g/mol. The summed E-state index contributed by atoms with van der Waals surface area (Å²) in [7, 11) is -3.13. The summed E-state index contributed by atoms with van der Waals surface area (Å²) in [6.07, 6.45) is 0.435. The van der Waals surface area contributed by atoms with E-state index in [0.29, 0.717) is 12.1 Å². The number of hydrogen-bond acceptors (Lipinski definition) is 5. The van der Waals surface area contributed by atoms with Crippen LogP contribution in [0.5, 0.6) is 0 Å². The first-order chi connectivity index (χ1) is 13.8. The smallest absolute Gasteiger partial charge is 0.272 e. The molecule has 0 bridgehead atoms. The number of amides is 1. The third-order valence-electron chi connectivity index (χ3n) is 4.75. The third-order valence-corrected chi connectivity index (χ3v) is 7.39. The van der Waals surface area contributed by atoms with E-state index in [1.807, 2.05) is 17.5 Å². The first-order valence-electron chi connectivity index (χ1n) is 8.88. The van der Waals surface area contributed by atoms with E-state index in [1.54, 1.807) is 10.7 Å². The Kier molecular flexibility index (Phi) is 5.22. The fourth-order valence-electron chi connectivity index (χ4n) is 3.29. The highest BCUT2D eigenvalue weighted by Crippen LogP contribution is 2.32. The first kappa shape index (κ1) is 19.7. The molecule has 3 heterocycles. The number of thiophene rings is 1. The highest BCUT2D eigenvalue weighted by atomic mass is 32.2. The van der Waals surface area contributed by atoms with Crippen LogP contribution in [-0.4, -0.2) is 35.6 Å². The van der Waals surface area contributed by atoms with Crippen LogP contribution in [0, 0.1) is 11.6 Å². The maximum atomic E-state index is 13.8. The predicted molar refractivity (Wildman–Crippen MR) is 105 cm³/mol. The summed E-state index contributed by atoms with van der Waals surface area (Å²) in [4.78, 5) is 13.4. The zero-order valence-corrected chi connectivity index (χ0v) is 16.8. The topological polar surface area (TPSA) is 81.1 Å². The van der Waals surface area contributed by atoms with Gasteiger partial charge in [0.1, 0.15) is 11.6 Å². The Bertz CT molecular complexity index is 1160. The monoisotopic (exact) mass is 437 g/mol. The highest BCUT2D eigenvalue weighted by molar-refractivity contribution is 7.91. The summed E-state index contributed by atoms with van der Waals surface area (Å²) in [5, 5.41) is 8.82. The minimum Gasteiger partial charge on any atom is -0.346 e. The second kappa shape index (κ2) is 7.68. The number of aromatic nitrogens is 2. The Morgan fingerprint density at radius 2 is 2.10 bits per heavy atom. The van der Waals surface area contributed by atoms with Gasteiger partial charge >= 0.3 is 0 Å². The van der Waals surface area contributed by atoms with Crippen molar-refractivity contribution in [1.82, 2.24) is 15.1 Å². The van der Waals surface area contributed by atoms with Crippen LogP contribution in [0.2, 0.25) is 0 Å². The zero-order chi connectivity index (χ0) is 20.6. The lowest BCUT2D eigenvalue weighted by Crippen LogP contribution is -2.24. The van der Waals surface area contributed by atoms with Gasteiger partial charge in [-0.15, -0.1) is 11.3 Å². The van der Waals surface area contributed by atoms with Crippen LogP contribution in [0.3, 0.4) is 0 Å². The van der Waals surface area contributed by atoms with Crippen molar-refractivity contribution in [1.29, 1.82) is 0 Å². The molecule has 1 aliphatic rings. The summed E-state index contributed by atoms with van der Waals surface area (Å²) in [5.74, 6) is -1.89. The largest absolute Gasteiger partial charge is 0.346 e. The van der Waals surface area contributed by atoms with Crippen molar-refractivity contribution in [2.45, 2.75) is 19.0 Å². The van der Waals surface area contributed by atoms with E-state index in [2.05, 4.69) is 10.4 Å². The van der Waals surface area contributed by atoms with Crippen molar-refractivity contribution in [3.63, 3.8) is 0 Å². The normalized spacial score (nSPS) is 18.1. The Labute approximate surface area is 170 Å². The average Bonchev–Trinajstić information content (AvgIpc) is 3.39. The second-order valence-electron chi connectivity index (χ2n) is 6.81. The molecule has 1 atom stereocenters. The number of hydrogen-bond donors (Lipinski definition) is 1. The van der Waals surface area contributed by atoms with Crippen molar-refractivity contribution < 1.29 is 22.0 Å². The molecule has 0 saturated carbocycles. The molecule has 4 rings (SSSR count). The van der Waals surface area contributed by atoms with Gasteiger partial charge < -0.3 is 5.32 Å². The number of carbonyl (C=O) groups excluding carboxylic acids is 1. The van der Waals surface area contributed by atoms with Crippen LogP contribution in [0.4, 0.5) is 8.78 Å². The fraction of sp³-hybridized carbons (Fsp3) is 0.263. The summed E-state index contributed by atoms with van der Waals surface area (Å²) in [6.45, 7) is -0.121. The van der Waals surface area contributed by atoms with Crippen molar-refractivity contribution in [2.24, 2.45) is 0 Å². The van der Waals surface area contributed by atoms with Crippen LogP contribution in [0.25, 0.3) is 10.6 Å². The molecule has 10 heteroatoms. The summed E-state index contributed by atoms with van der Waals surface area (Å²) in [5.41, 5.74) is 0.931. The van der Waals surface area contributed by atoms with E-state index in [0.717, 1.165) is 17.0 Å². The molecule has 1 aromatic carbocycles. The minimum absolute atomic E-state index is 0.0189. The number of carbonyl (C=O) groups is 1. The number of rotatable bonds is 5. The van der Waals surface area contributed by atoms with E-state index >= 15 is 0 Å². The molecule has 0 aliphatic carbocycles. The molecule has 1 amide bonds. The molecule has 2 aromatic heterocycles.